The summed E-state index contributed by atoms with van der Waals surface area (Å²) in [4.78, 5) is 24.0. The van der Waals surface area contributed by atoms with Crippen LogP contribution < -0.4 is 10.1 Å². The molecule has 0 fully saturated rings. The summed E-state index contributed by atoms with van der Waals surface area (Å²) in [5, 5.41) is 2.78. The normalized spacial score (nSPS) is 11.5. The lowest BCUT2D eigenvalue weighted by Crippen LogP contribution is -2.30. The number of rotatable bonds is 7. The summed E-state index contributed by atoms with van der Waals surface area (Å²) in [7, 11) is 0. The van der Waals surface area contributed by atoms with E-state index in [0.717, 1.165) is 23.2 Å². The molecule has 2 aromatic rings. The van der Waals surface area contributed by atoms with Gasteiger partial charge in [-0.25, -0.2) is 9.18 Å². The monoisotopic (exact) mass is 359 g/mol. The van der Waals surface area contributed by atoms with Crippen LogP contribution in [0.4, 0.5) is 10.1 Å². The third kappa shape index (κ3) is 5.31. The number of amides is 1. The molecule has 0 saturated carbocycles. The molecule has 0 aliphatic carbocycles. The molecular weight excluding hydrogens is 337 g/mol. The van der Waals surface area contributed by atoms with Crippen molar-refractivity contribution in [2.45, 2.75) is 33.3 Å². The molecule has 138 valence electrons. The molecule has 0 unspecified atom stereocenters. The molecule has 0 aliphatic rings. The SMILES string of the molecule is CCc1cccc(C)c1NC(=O)COC(=O)[C@@H](C)Oc1ccc(F)cc1. The predicted molar refractivity (Wildman–Crippen MR) is 96.6 cm³/mol. The lowest BCUT2D eigenvalue weighted by atomic mass is 10.1. The standard InChI is InChI=1S/C20H22FNO4/c1-4-15-7-5-6-13(2)19(15)22-18(23)12-25-20(24)14(3)26-17-10-8-16(21)9-11-17/h5-11,14H,4,12H2,1-3H3,(H,22,23)/t14-/m1/s1. The molecule has 0 spiro atoms. The molecule has 26 heavy (non-hydrogen) atoms. The number of esters is 1. The van der Waals surface area contributed by atoms with Gasteiger partial charge in [0.15, 0.2) is 12.7 Å². The number of carbonyl (C=O) groups is 2. The average Bonchev–Trinajstić information content (AvgIpc) is 2.63. The molecule has 0 heterocycles. The van der Waals surface area contributed by atoms with Gasteiger partial charge in [-0.3, -0.25) is 4.79 Å². The summed E-state index contributed by atoms with van der Waals surface area (Å²) in [5.41, 5.74) is 2.70. The maximum atomic E-state index is 12.9. The highest BCUT2D eigenvalue weighted by molar-refractivity contribution is 5.94. The van der Waals surface area contributed by atoms with Crippen LogP contribution in [-0.4, -0.2) is 24.6 Å². The molecule has 0 bridgehead atoms. The molecule has 5 nitrogen and oxygen atoms in total. The Morgan fingerprint density at radius 2 is 1.85 bits per heavy atom. The number of hydrogen-bond donors (Lipinski definition) is 1. The number of nitrogens with one attached hydrogen (secondary N) is 1. The van der Waals surface area contributed by atoms with Crippen molar-refractivity contribution in [3.05, 3.63) is 59.4 Å². The molecule has 1 atom stereocenters. The van der Waals surface area contributed by atoms with Gasteiger partial charge in [-0.15, -0.1) is 0 Å². The number of benzene rings is 2. The Bertz CT molecular complexity index is 774. The summed E-state index contributed by atoms with van der Waals surface area (Å²) in [5.74, 6) is -1.15. The number of aryl methyl sites for hydroxylation is 2. The van der Waals surface area contributed by atoms with Crippen molar-refractivity contribution < 1.29 is 23.5 Å². The van der Waals surface area contributed by atoms with Crippen molar-refractivity contribution in [1.29, 1.82) is 0 Å². The predicted octanol–water partition coefficient (Wildman–Crippen LogP) is 3.65. The smallest absolute Gasteiger partial charge is 0.347 e. The fourth-order valence-electron chi connectivity index (χ4n) is 2.40. The van der Waals surface area contributed by atoms with Crippen LogP contribution in [0.2, 0.25) is 0 Å². The van der Waals surface area contributed by atoms with Crippen molar-refractivity contribution in [3.8, 4) is 5.75 Å². The lowest BCUT2D eigenvalue weighted by Gasteiger charge is -2.15. The lowest BCUT2D eigenvalue weighted by molar-refractivity contribution is -0.153. The Kier molecular flexibility index (Phi) is 6.72. The van der Waals surface area contributed by atoms with Gasteiger partial charge in [0.25, 0.3) is 5.91 Å². The van der Waals surface area contributed by atoms with E-state index in [1.165, 1.54) is 31.2 Å². The largest absolute Gasteiger partial charge is 0.479 e. The first-order chi connectivity index (χ1) is 12.4. The molecule has 1 amide bonds. The molecule has 6 heteroatoms. The summed E-state index contributed by atoms with van der Waals surface area (Å²) >= 11 is 0. The van der Waals surface area contributed by atoms with Gasteiger partial charge in [0.1, 0.15) is 11.6 Å². The van der Waals surface area contributed by atoms with E-state index in [-0.39, 0.29) is 0 Å². The Hall–Kier alpha value is -2.89. The van der Waals surface area contributed by atoms with E-state index in [2.05, 4.69) is 5.32 Å². The second kappa shape index (κ2) is 8.99. The minimum Gasteiger partial charge on any atom is -0.479 e. The highest BCUT2D eigenvalue weighted by Gasteiger charge is 2.18. The van der Waals surface area contributed by atoms with Crippen molar-refractivity contribution in [3.63, 3.8) is 0 Å². The first kappa shape index (κ1) is 19.4. The fraction of sp³-hybridized carbons (Fsp3) is 0.300. The van der Waals surface area contributed by atoms with Crippen molar-refractivity contribution in [1.82, 2.24) is 0 Å². The van der Waals surface area contributed by atoms with Crippen LogP contribution in [-0.2, 0) is 20.7 Å². The first-order valence-corrected chi connectivity index (χ1v) is 8.38. The fourth-order valence-corrected chi connectivity index (χ4v) is 2.40. The Morgan fingerprint density at radius 3 is 2.50 bits per heavy atom. The second-order valence-corrected chi connectivity index (χ2v) is 5.83. The summed E-state index contributed by atoms with van der Waals surface area (Å²) < 4.78 is 23.2. The minimum atomic E-state index is -0.919. The van der Waals surface area contributed by atoms with Crippen LogP contribution in [0.5, 0.6) is 5.75 Å². The van der Waals surface area contributed by atoms with E-state index in [0.29, 0.717) is 5.75 Å². The molecule has 1 N–H and O–H groups in total. The van der Waals surface area contributed by atoms with Gasteiger partial charge in [0, 0.05) is 5.69 Å². The molecule has 0 radical (unpaired) electrons. The van der Waals surface area contributed by atoms with Crippen molar-refractivity contribution in [2.75, 3.05) is 11.9 Å². The highest BCUT2D eigenvalue weighted by atomic mass is 19.1. The Morgan fingerprint density at radius 1 is 1.15 bits per heavy atom. The zero-order valence-corrected chi connectivity index (χ0v) is 15.0. The summed E-state index contributed by atoms with van der Waals surface area (Å²) in [6.07, 6.45) is -0.141. The van der Waals surface area contributed by atoms with E-state index in [1.54, 1.807) is 0 Å². The molecular formula is C20H22FNO4. The van der Waals surface area contributed by atoms with Gasteiger partial charge in [0.2, 0.25) is 0 Å². The number of anilines is 1. The van der Waals surface area contributed by atoms with Gasteiger partial charge < -0.3 is 14.8 Å². The zero-order valence-electron chi connectivity index (χ0n) is 15.0. The van der Waals surface area contributed by atoms with Gasteiger partial charge in [0.05, 0.1) is 0 Å². The minimum absolute atomic E-state index is 0.341. The third-order valence-corrected chi connectivity index (χ3v) is 3.81. The third-order valence-electron chi connectivity index (χ3n) is 3.81. The molecule has 2 aromatic carbocycles. The number of halogens is 1. The molecule has 0 aromatic heterocycles. The van der Waals surface area contributed by atoms with Gasteiger partial charge >= 0.3 is 5.97 Å². The van der Waals surface area contributed by atoms with E-state index < -0.39 is 30.4 Å². The van der Waals surface area contributed by atoms with E-state index in [1.807, 2.05) is 32.0 Å². The first-order valence-electron chi connectivity index (χ1n) is 8.38. The molecule has 0 saturated heterocycles. The highest BCUT2D eigenvalue weighted by Crippen LogP contribution is 2.21. The number of ether oxygens (including phenoxy) is 2. The van der Waals surface area contributed by atoms with E-state index >= 15 is 0 Å². The van der Waals surface area contributed by atoms with E-state index in [4.69, 9.17) is 9.47 Å². The van der Waals surface area contributed by atoms with Crippen LogP contribution in [0, 0.1) is 12.7 Å². The van der Waals surface area contributed by atoms with Crippen LogP contribution in [0.3, 0.4) is 0 Å². The zero-order chi connectivity index (χ0) is 19.1. The topological polar surface area (TPSA) is 64.6 Å². The van der Waals surface area contributed by atoms with Crippen LogP contribution in [0.15, 0.2) is 42.5 Å². The van der Waals surface area contributed by atoms with Crippen LogP contribution in [0.1, 0.15) is 25.0 Å². The molecule has 0 aliphatic heterocycles. The second-order valence-electron chi connectivity index (χ2n) is 5.83. The quantitative estimate of drug-likeness (QED) is 0.767. The maximum absolute atomic E-state index is 12.9. The summed E-state index contributed by atoms with van der Waals surface area (Å²) in [6.45, 7) is 4.99. The Balaban J connectivity index is 1.86. The number of para-hydroxylation sites is 1. The Labute approximate surface area is 152 Å². The van der Waals surface area contributed by atoms with Gasteiger partial charge in [-0.1, -0.05) is 25.1 Å². The van der Waals surface area contributed by atoms with Gasteiger partial charge in [-0.2, -0.15) is 0 Å². The average molecular weight is 359 g/mol. The summed E-state index contributed by atoms with van der Waals surface area (Å²) in [6, 6.07) is 11.1. The van der Waals surface area contributed by atoms with Crippen molar-refractivity contribution in [2.24, 2.45) is 0 Å². The number of carbonyl (C=O) groups excluding carboxylic acids is 2. The molecule has 2 rings (SSSR count). The van der Waals surface area contributed by atoms with E-state index in [9.17, 15) is 14.0 Å². The van der Waals surface area contributed by atoms with Crippen molar-refractivity contribution >= 4 is 17.6 Å². The van der Waals surface area contributed by atoms with Crippen LogP contribution >= 0.6 is 0 Å². The van der Waals surface area contributed by atoms with Crippen LogP contribution in [0.25, 0.3) is 0 Å². The maximum Gasteiger partial charge on any atom is 0.347 e. The van der Waals surface area contributed by atoms with Gasteiger partial charge in [-0.05, 0) is 55.7 Å². The number of hydrogen-bond acceptors (Lipinski definition) is 4.